The molecule has 0 fully saturated rings. The van der Waals surface area contributed by atoms with Gasteiger partial charge < -0.3 is 21.1 Å². The average molecular weight is 563 g/mol. The summed E-state index contributed by atoms with van der Waals surface area (Å²) >= 11 is 3.70. The molecule has 8 nitrogen and oxygen atoms in total. The van der Waals surface area contributed by atoms with Crippen LogP contribution in [0.15, 0.2) is 24.3 Å². The third kappa shape index (κ3) is 10.4. The third-order valence-electron chi connectivity index (χ3n) is 4.50. The van der Waals surface area contributed by atoms with E-state index >= 15 is 0 Å². The van der Waals surface area contributed by atoms with Crippen molar-refractivity contribution in [3.8, 4) is 0 Å². The Bertz CT molecular complexity index is 745. The first kappa shape index (κ1) is 27.2. The molecule has 1 aromatic rings. The summed E-state index contributed by atoms with van der Waals surface area (Å²) in [6.45, 7) is 3.81. The normalized spacial score (nSPS) is 13.7. The zero-order valence-electron chi connectivity index (χ0n) is 17.9. The van der Waals surface area contributed by atoms with Gasteiger partial charge >= 0.3 is 5.97 Å². The van der Waals surface area contributed by atoms with E-state index in [-0.39, 0.29) is 12.3 Å². The van der Waals surface area contributed by atoms with Crippen LogP contribution in [0.1, 0.15) is 32.3 Å². The fourth-order valence-electron chi connectivity index (χ4n) is 2.91. The monoisotopic (exact) mass is 563 g/mol. The molecule has 0 aromatic heterocycles. The summed E-state index contributed by atoms with van der Waals surface area (Å²) in [6.07, 6.45) is 3.24. The van der Waals surface area contributed by atoms with Crippen molar-refractivity contribution in [2.24, 2.45) is 5.92 Å². The van der Waals surface area contributed by atoms with Gasteiger partial charge in [-0.2, -0.15) is 11.8 Å². The molecule has 0 saturated carbocycles. The van der Waals surface area contributed by atoms with Crippen LogP contribution < -0.4 is 16.0 Å². The Kier molecular flexibility index (Phi) is 12.5. The minimum absolute atomic E-state index is 0.0826. The topological polar surface area (TPSA) is 125 Å². The first-order chi connectivity index (χ1) is 14.7. The first-order valence-electron chi connectivity index (χ1n) is 9.94. The quantitative estimate of drug-likeness (QED) is 0.202. The number of halogens is 1. The van der Waals surface area contributed by atoms with Crippen LogP contribution in [0.2, 0.25) is 0 Å². The van der Waals surface area contributed by atoms with Gasteiger partial charge in [0.1, 0.15) is 18.1 Å². The number of carboxylic acid groups (broad SMARTS) is 1. The summed E-state index contributed by atoms with van der Waals surface area (Å²) in [6, 6.07) is 4.59. The van der Waals surface area contributed by atoms with E-state index in [0.29, 0.717) is 25.0 Å². The van der Waals surface area contributed by atoms with Gasteiger partial charge in [0.2, 0.25) is 18.2 Å². The molecule has 0 saturated heterocycles. The number of hydrogen-bond acceptors (Lipinski definition) is 5. The van der Waals surface area contributed by atoms with Gasteiger partial charge in [0.05, 0.1) is 0 Å². The number of amides is 3. The van der Waals surface area contributed by atoms with Crippen molar-refractivity contribution in [1.29, 1.82) is 0 Å². The largest absolute Gasteiger partial charge is 0.480 e. The highest BCUT2D eigenvalue weighted by atomic mass is 127. The average Bonchev–Trinajstić information content (AvgIpc) is 2.71. The molecule has 0 aliphatic rings. The van der Waals surface area contributed by atoms with Crippen LogP contribution in [0.4, 0.5) is 0 Å². The molecule has 1 rings (SSSR count). The third-order valence-corrected chi connectivity index (χ3v) is 5.87. The molecule has 0 unspecified atom stereocenters. The Morgan fingerprint density at radius 2 is 1.65 bits per heavy atom. The number of carbonyl (C=O) groups excluding carboxylic acids is 3. The number of carbonyl (C=O) groups is 4. The summed E-state index contributed by atoms with van der Waals surface area (Å²) in [4.78, 5) is 48.1. The van der Waals surface area contributed by atoms with E-state index in [2.05, 4.69) is 38.5 Å². The number of benzene rings is 1. The number of carboxylic acids is 1. The minimum Gasteiger partial charge on any atom is -0.480 e. The minimum atomic E-state index is -1.15. The van der Waals surface area contributed by atoms with E-state index in [1.165, 1.54) is 0 Å². The van der Waals surface area contributed by atoms with Crippen LogP contribution in [0.3, 0.4) is 0 Å². The molecule has 0 bridgehead atoms. The standard InChI is InChI=1S/C21H30IN3O5S/c1-13(2)10-17(24-19(27)16(23-12-26)8-9-31-3)20(28)25-18(21(29)30)11-14-4-6-15(22)7-5-14/h4-7,12-13,16-18H,8-11H2,1-3H3,(H,23,26)(H,24,27)(H,25,28)(H,29,30)/t16-,17+,18+/m0/s1. The van der Waals surface area contributed by atoms with Gasteiger partial charge in [-0.15, -0.1) is 0 Å². The van der Waals surface area contributed by atoms with Crippen molar-refractivity contribution in [3.63, 3.8) is 0 Å². The lowest BCUT2D eigenvalue weighted by molar-refractivity contribution is -0.142. The molecule has 31 heavy (non-hydrogen) atoms. The molecular formula is C21H30IN3O5S. The fraction of sp³-hybridized carbons (Fsp3) is 0.524. The molecule has 0 spiro atoms. The van der Waals surface area contributed by atoms with Crippen molar-refractivity contribution >= 4 is 58.5 Å². The maximum atomic E-state index is 12.9. The SMILES string of the molecule is CSCC[C@H](NC=O)C(=O)N[C@H](CC(C)C)C(=O)N[C@H](Cc1ccc(I)cc1)C(=O)O. The maximum Gasteiger partial charge on any atom is 0.326 e. The maximum absolute atomic E-state index is 12.9. The van der Waals surface area contributed by atoms with E-state index in [9.17, 15) is 24.3 Å². The van der Waals surface area contributed by atoms with E-state index < -0.39 is 35.9 Å². The summed E-state index contributed by atoms with van der Waals surface area (Å²) in [5.74, 6) is -1.43. The Hall–Kier alpha value is -1.82. The van der Waals surface area contributed by atoms with Gasteiger partial charge in [-0.1, -0.05) is 26.0 Å². The Morgan fingerprint density at radius 1 is 1.06 bits per heavy atom. The van der Waals surface area contributed by atoms with Crippen LogP contribution in [-0.4, -0.2) is 59.4 Å². The lowest BCUT2D eigenvalue weighted by Gasteiger charge is -2.25. The highest BCUT2D eigenvalue weighted by Gasteiger charge is 2.29. The van der Waals surface area contributed by atoms with Crippen molar-refractivity contribution in [3.05, 3.63) is 33.4 Å². The molecule has 0 heterocycles. The Labute approximate surface area is 200 Å². The summed E-state index contributed by atoms with van der Waals surface area (Å²) in [5, 5.41) is 17.3. The van der Waals surface area contributed by atoms with Crippen LogP contribution in [0, 0.1) is 9.49 Å². The number of nitrogens with one attached hydrogen (secondary N) is 3. The second-order valence-corrected chi connectivity index (χ2v) is 9.77. The van der Waals surface area contributed by atoms with E-state index in [4.69, 9.17) is 0 Å². The van der Waals surface area contributed by atoms with Gasteiger partial charge in [0.15, 0.2) is 0 Å². The molecule has 0 aliphatic carbocycles. The molecule has 172 valence electrons. The zero-order chi connectivity index (χ0) is 23.4. The zero-order valence-corrected chi connectivity index (χ0v) is 20.9. The predicted molar refractivity (Wildman–Crippen MR) is 130 cm³/mol. The van der Waals surface area contributed by atoms with Gasteiger partial charge in [-0.05, 0) is 71.1 Å². The first-order valence-corrected chi connectivity index (χ1v) is 12.4. The highest BCUT2D eigenvalue weighted by molar-refractivity contribution is 14.1. The van der Waals surface area contributed by atoms with Crippen LogP contribution in [0.5, 0.6) is 0 Å². The number of hydrogen-bond donors (Lipinski definition) is 4. The molecule has 3 amide bonds. The van der Waals surface area contributed by atoms with Crippen LogP contribution in [-0.2, 0) is 25.6 Å². The number of rotatable bonds is 14. The summed E-state index contributed by atoms with van der Waals surface area (Å²) < 4.78 is 1.02. The Balaban J connectivity index is 2.90. The Morgan fingerprint density at radius 3 is 2.16 bits per heavy atom. The molecular weight excluding hydrogens is 533 g/mol. The van der Waals surface area contributed by atoms with Crippen molar-refractivity contribution in [2.45, 2.75) is 51.2 Å². The van der Waals surface area contributed by atoms with E-state index in [1.54, 1.807) is 11.8 Å². The number of thioether (sulfide) groups is 1. The van der Waals surface area contributed by atoms with E-state index in [0.717, 1.165) is 9.13 Å². The van der Waals surface area contributed by atoms with E-state index in [1.807, 2.05) is 44.4 Å². The van der Waals surface area contributed by atoms with Crippen molar-refractivity contribution in [1.82, 2.24) is 16.0 Å². The van der Waals surface area contributed by atoms with Crippen molar-refractivity contribution < 1.29 is 24.3 Å². The molecule has 3 atom stereocenters. The molecule has 0 aliphatic heterocycles. The van der Waals surface area contributed by atoms with Gasteiger partial charge in [-0.25, -0.2) is 4.79 Å². The molecule has 10 heteroatoms. The van der Waals surface area contributed by atoms with Crippen LogP contribution >= 0.6 is 34.4 Å². The fourth-order valence-corrected chi connectivity index (χ4v) is 3.74. The lowest BCUT2D eigenvalue weighted by atomic mass is 10.0. The molecule has 1 aromatic carbocycles. The van der Waals surface area contributed by atoms with Gasteiger partial charge in [-0.3, -0.25) is 14.4 Å². The van der Waals surface area contributed by atoms with Crippen LogP contribution in [0.25, 0.3) is 0 Å². The highest BCUT2D eigenvalue weighted by Crippen LogP contribution is 2.11. The van der Waals surface area contributed by atoms with Crippen molar-refractivity contribution in [2.75, 3.05) is 12.0 Å². The number of aliphatic carboxylic acids is 1. The lowest BCUT2D eigenvalue weighted by Crippen LogP contribution is -2.55. The second kappa shape index (κ2) is 14.3. The second-order valence-electron chi connectivity index (χ2n) is 7.54. The summed E-state index contributed by atoms with van der Waals surface area (Å²) in [7, 11) is 0. The smallest absolute Gasteiger partial charge is 0.326 e. The molecule has 0 radical (unpaired) electrons. The molecule has 4 N–H and O–H groups in total. The van der Waals surface area contributed by atoms with Gasteiger partial charge in [0, 0.05) is 9.99 Å². The summed E-state index contributed by atoms with van der Waals surface area (Å²) in [5.41, 5.74) is 0.782. The van der Waals surface area contributed by atoms with Gasteiger partial charge in [0.25, 0.3) is 0 Å². The predicted octanol–water partition coefficient (Wildman–Crippen LogP) is 1.80.